The molecule has 0 amide bonds. The molecular formula is C24H39NO3. The van der Waals surface area contributed by atoms with Gasteiger partial charge in [-0.3, -0.25) is 4.79 Å². The van der Waals surface area contributed by atoms with Crippen molar-refractivity contribution in [2.45, 2.75) is 79.2 Å². The Morgan fingerprint density at radius 1 is 1.07 bits per heavy atom. The summed E-state index contributed by atoms with van der Waals surface area (Å²) in [6.07, 6.45) is 11.4. The topological polar surface area (TPSA) is 72.5 Å². The van der Waals surface area contributed by atoms with Gasteiger partial charge in [-0.25, -0.2) is 0 Å². The van der Waals surface area contributed by atoms with Crippen LogP contribution in [0.4, 0.5) is 0 Å². The molecule has 0 aromatic rings. The second-order valence-electron chi connectivity index (χ2n) is 8.17. The Bertz CT molecular complexity index is 651. The van der Waals surface area contributed by atoms with Crippen molar-refractivity contribution in [2.75, 3.05) is 7.11 Å². The Hall–Kier alpha value is -1.81. The molecule has 0 aliphatic heterocycles. The first-order chi connectivity index (χ1) is 13.2. The molecule has 0 saturated carbocycles. The van der Waals surface area contributed by atoms with Gasteiger partial charge < -0.3 is 15.6 Å². The fourth-order valence-electron chi connectivity index (χ4n) is 3.77. The first kappa shape index (κ1) is 24.2. The summed E-state index contributed by atoms with van der Waals surface area (Å²) in [5.41, 5.74) is 10.2. The number of aliphatic hydroxyl groups excluding tert-OH is 1. The highest BCUT2D eigenvalue weighted by Crippen LogP contribution is 2.35. The van der Waals surface area contributed by atoms with Crippen LogP contribution < -0.4 is 5.73 Å². The van der Waals surface area contributed by atoms with Crippen LogP contribution >= 0.6 is 0 Å². The Morgan fingerprint density at radius 3 is 2.18 bits per heavy atom. The molecule has 0 spiro atoms. The van der Waals surface area contributed by atoms with E-state index in [2.05, 4.69) is 45.9 Å². The number of hydrogen-bond acceptors (Lipinski definition) is 4. The molecule has 4 heteroatoms. The number of ketones is 1. The van der Waals surface area contributed by atoms with Gasteiger partial charge in [0.1, 0.15) is 6.10 Å². The third kappa shape index (κ3) is 6.97. The smallest absolute Gasteiger partial charge is 0.202 e. The van der Waals surface area contributed by atoms with Gasteiger partial charge in [0.25, 0.3) is 0 Å². The minimum atomic E-state index is -0.834. The lowest BCUT2D eigenvalue weighted by molar-refractivity contribution is -0.127. The number of carbonyl (C=O) groups excluding carboxylic acids is 1. The van der Waals surface area contributed by atoms with Crippen molar-refractivity contribution in [3.8, 4) is 0 Å². The summed E-state index contributed by atoms with van der Waals surface area (Å²) in [7, 11) is 1.43. The van der Waals surface area contributed by atoms with Gasteiger partial charge in [0.15, 0.2) is 5.76 Å². The van der Waals surface area contributed by atoms with Crippen LogP contribution in [0.5, 0.6) is 0 Å². The highest BCUT2D eigenvalue weighted by atomic mass is 16.5. The maximum Gasteiger partial charge on any atom is 0.202 e. The van der Waals surface area contributed by atoms with Gasteiger partial charge >= 0.3 is 0 Å². The van der Waals surface area contributed by atoms with Crippen LogP contribution in [0.15, 0.2) is 46.4 Å². The van der Waals surface area contributed by atoms with Crippen LogP contribution in [0, 0.1) is 11.8 Å². The van der Waals surface area contributed by atoms with E-state index < -0.39 is 6.10 Å². The van der Waals surface area contributed by atoms with Gasteiger partial charge in [0, 0.05) is 11.8 Å². The minimum Gasteiger partial charge on any atom is -0.491 e. The van der Waals surface area contributed by atoms with Crippen LogP contribution in [0.3, 0.4) is 0 Å². The van der Waals surface area contributed by atoms with E-state index >= 15 is 0 Å². The Labute approximate surface area is 171 Å². The predicted molar refractivity (Wildman–Crippen MR) is 117 cm³/mol. The Kier molecular flexibility index (Phi) is 10.3. The number of methoxy groups -OCH3 is 1. The number of carbonyl (C=O) groups is 1. The van der Waals surface area contributed by atoms with Gasteiger partial charge in [-0.1, -0.05) is 41.9 Å². The van der Waals surface area contributed by atoms with Crippen molar-refractivity contribution in [3.63, 3.8) is 0 Å². The largest absolute Gasteiger partial charge is 0.491 e. The molecule has 1 aliphatic carbocycles. The lowest BCUT2D eigenvalue weighted by Crippen LogP contribution is -2.43. The van der Waals surface area contributed by atoms with E-state index in [9.17, 15) is 9.90 Å². The lowest BCUT2D eigenvalue weighted by Gasteiger charge is -2.34. The summed E-state index contributed by atoms with van der Waals surface area (Å²) in [4.78, 5) is 12.6. The summed E-state index contributed by atoms with van der Waals surface area (Å²) < 4.78 is 5.13. The molecule has 0 heterocycles. The molecule has 1 rings (SSSR count). The van der Waals surface area contributed by atoms with Crippen LogP contribution in [-0.4, -0.2) is 24.1 Å². The van der Waals surface area contributed by atoms with Gasteiger partial charge in [-0.2, -0.15) is 0 Å². The fraction of sp³-hybridized carbons (Fsp3) is 0.625. The number of rotatable bonds is 10. The average molecular weight is 390 g/mol. The van der Waals surface area contributed by atoms with Crippen LogP contribution in [0.25, 0.3) is 0 Å². The summed E-state index contributed by atoms with van der Waals surface area (Å²) in [6, 6.07) is 0. The number of allylic oxidation sites excluding steroid dienone is 7. The van der Waals surface area contributed by atoms with Crippen molar-refractivity contribution in [1.29, 1.82) is 0 Å². The quantitative estimate of drug-likeness (QED) is 0.504. The highest BCUT2D eigenvalue weighted by molar-refractivity contribution is 5.97. The average Bonchev–Trinajstić information content (AvgIpc) is 2.63. The standard InChI is InChI=1S/C24H39NO3/c1-7-19-20(22(26)21(25)24(28-6)23(19)27)15-14-18(5)13-9-12-17(4)11-8-10-16(2)3/h10,12,14,19-20,22,26H,7-9,11,13,15,25H2,1-6H3/b17-12+,18-14+/t19-,20-,22-/m0/s1. The summed E-state index contributed by atoms with van der Waals surface area (Å²) in [6.45, 7) is 10.5. The van der Waals surface area contributed by atoms with Crippen LogP contribution in [0.1, 0.15) is 73.1 Å². The summed E-state index contributed by atoms with van der Waals surface area (Å²) in [5, 5.41) is 10.6. The van der Waals surface area contributed by atoms with Crippen molar-refractivity contribution in [3.05, 3.63) is 46.4 Å². The molecule has 0 saturated heterocycles. The zero-order valence-electron chi connectivity index (χ0n) is 18.5. The van der Waals surface area contributed by atoms with Crippen molar-refractivity contribution < 1.29 is 14.6 Å². The summed E-state index contributed by atoms with van der Waals surface area (Å²) in [5.74, 6) is -0.394. The Morgan fingerprint density at radius 2 is 1.64 bits per heavy atom. The van der Waals surface area contributed by atoms with E-state index in [0.717, 1.165) is 25.7 Å². The van der Waals surface area contributed by atoms with E-state index in [1.54, 1.807) is 0 Å². The van der Waals surface area contributed by atoms with Crippen LogP contribution in [-0.2, 0) is 9.53 Å². The maximum atomic E-state index is 12.6. The molecule has 0 bridgehead atoms. The number of Topliss-reactive ketones (excluding diaryl/α,β-unsaturated/α-hetero) is 1. The first-order valence-corrected chi connectivity index (χ1v) is 10.4. The zero-order chi connectivity index (χ0) is 21.3. The first-order valence-electron chi connectivity index (χ1n) is 10.4. The van der Waals surface area contributed by atoms with E-state index in [0.29, 0.717) is 12.8 Å². The van der Waals surface area contributed by atoms with Crippen molar-refractivity contribution in [1.82, 2.24) is 0 Å². The molecule has 0 aromatic heterocycles. The molecule has 1 aliphatic rings. The van der Waals surface area contributed by atoms with Gasteiger partial charge in [0.2, 0.25) is 5.78 Å². The van der Waals surface area contributed by atoms with Gasteiger partial charge in [0.05, 0.1) is 12.8 Å². The van der Waals surface area contributed by atoms with E-state index in [4.69, 9.17) is 10.5 Å². The molecule has 3 atom stereocenters. The molecule has 0 fully saturated rings. The number of aliphatic hydroxyl groups is 1. The van der Waals surface area contributed by atoms with Crippen molar-refractivity contribution in [2.24, 2.45) is 17.6 Å². The molecule has 28 heavy (non-hydrogen) atoms. The van der Waals surface area contributed by atoms with Gasteiger partial charge in [-0.05, 0) is 66.2 Å². The number of hydrogen-bond donors (Lipinski definition) is 2. The number of ether oxygens (including phenoxy) is 1. The molecule has 0 aromatic carbocycles. The Balaban J connectivity index is 2.65. The zero-order valence-corrected chi connectivity index (χ0v) is 18.5. The van der Waals surface area contributed by atoms with E-state index in [1.807, 2.05) is 6.92 Å². The molecular weight excluding hydrogens is 350 g/mol. The van der Waals surface area contributed by atoms with Crippen molar-refractivity contribution >= 4 is 5.78 Å². The summed E-state index contributed by atoms with van der Waals surface area (Å²) >= 11 is 0. The SMILES string of the molecule is CC[C@@H]1C(=O)C(OC)=C(N)[C@@H](O)[C@H]1C/C=C(\C)CC/C=C(\C)CCC=C(C)C. The second kappa shape index (κ2) is 11.9. The third-order valence-corrected chi connectivity index (χ3v) is 5.57. The molecule has 158 valence electrons. The van der Waals surface area contributed by atoms with Crippen LogP contribution in [0.2, 0.25) is 0 Å². The van der Waals surface area contributed by atoms with E-state index in [1.165, 1.54) is 23.8 Å². The minimum absolute atomic E-state index is 0.0845. The highest BCUT2D eigenvalue weighted by Gasteiger charge is 2.41. The predicted octanol–water partition coefficient (Wildman–Crippen LogP) is 5.20. The normalized spacial score (nSPS) is 23.8. The van der Waals surface area contributed by atoms with Gasteiger partial charge in [-0.15, -0.1) is 0 Å². The molecule has 4 nitrogen and oxygen atoms in total. The third-order valence-electron chi connectivity index (χ3n) is 5.57. The second-order valence-corrected chi connectivity index (χ2v) is 8.17. The molecule has 0 unspecified atom stereocenters. The lowest BCUT2D eigenvalue weighted by atomic mass is 9.74. The van der Waals surface area contributed by atoms with E-state index in [-0.39, 0.29) is 29.1 Å². The molecule has 3 N–H and O–H groups in total. The number of nitrogens with two attached hydrogens (primary N) is 1. The fourth-order valence-corrected chi connectivity index (χ4v) is 3.77. The molecule has 0 radical (unpaired) electrons. The monoisotopic (exact) mass is 389 g/mol. The maximum absolute atomic E-state index is 12.6.